The van der Waals surface area contributed by atoms with Crippen LogP contribution in [0, 0.1) is 5.92 Å². The van der Waals surface area contributed by atoms with E-state index in [1.165, 1.54) is 6.08 Å². The summed E-state index contributed by atoms with van der Waals surface area (Å²) in [5.41, 5.74) is -2.06. The van der Waals surface area contributed by atoms with Crippen molar-refractivity contribution < 1.29 is 35.1 Å². The molecule has 1 saturated carbocycles. The number of hydrogen-bond acceptors (Lipinski definition) is 8. The molecule has 0 saturated heterocycles. The Balaban J connectivity index is 2.14. The fourth-order valence-electron chi connectivity index (χ4n) is 2.36. The predicted molar refractivity (Wildman–Crippen MR) is 84.6 cm³/mol. The van der Waals surface area contributed by atoms with Gasteiger partial charge in [0.05, 0.1) is 19.3 Å². The number of aliphatic hydroxyl groups is 5. The molecule has 5 atom stereocenters. The number of amides is 1. The van der Waals surface area contributed by atoms with Gasteiger partial charge in [-0.1, -0.05) is 6.58 Å². The summed E-state index contributed by atoms with van der Waals surface area (Å²) in [6, 6.07) is 0. The average molecular weight is 351 g/mol. The molecule has 134 valence electrons. The smallest absolute Gasteiger partial charge is 0.243 e. The molecule has 0 aromatic heterocycles. The molecule has 0 radical (unpaired) electrons. The first-order chi connectivity index (χ1) is 10.9. The van der Waals surface area contributed by atoms with Gasteiger partial charge in [-0.15, -0.1) is 0 Å². The maximum atomic E-state index is 10.9. The van der Waals surface area contributed by atoms with Gasteiger partial charge in [-0.05, 0) is 18.2 Å². The van der Waals surface area contributed by atoms with Gasteiger partial charge in [0.2, 0.25) is 5.91 Å². The predicted octanol–water partition coefficient (Wildman–Crippen LogP) is -2.18. The first kappa shape index (κ1) is 20.4. The number of carbonyl (C=O) groups excluding carboxylic acids is 1. The molecule has 8 nitrogen and oxygen atoms in total. The van der Waals surface area contributed by atoms with Crippen LogP contribution in [0.15, 0.2) is 12.7 Å². The van der Waals surface area contributed by atoms with E-state index >= 15 is 0 Å². The van der Waals surface area contributed by atoms with Gasteiger partial charge < -0.3 is 35.6 Å². The van der Waals surface area contributed by atoms with Gasteiger partial charge in [0.25, 0.3) is 0 Å². The van der Waals surface area contributed by atoms with E-state index in [1.54, 1.807) is 11.8 Å². The van der Waals surface area contributed by atoms with E-state index in [9.17, 15) is 25.2 Å². The number of hydrogen-bond donors (Lipinski definition) is 6. The molecule has 1 aliphatic rings. The van der Waals surface area contributed by atoms with E-state index < -0.39 is 36.6 Å². The van der Waals surface area contributed by atoms with Crippen molar-refractivity contribution in [3.63, 3.8) is 0 Å². The third-order valence-electron chi connectivity index (χ3n) is 3.84. The van der Waals surface area contributed by atoms with Crippen LogP contribution in [0.4, 0.5) is 0 Å². The van der Waals surface area contributed by atoms with E-state index in [1.807, 2.05) is 0 Å². The second kappa shape index (κ2) is 9.58. The summed E-state index contributed by atoms with van der Waals surface area (Å²) in [6.45, 7) is 3.45. The van der Waals surface area contributed by atoms with Crippen LogP contribution >= 0.6 is 11.8 Å². The molecule has 1 fully saturated rings. The fraction of sp³-hybridized carbons (Fsp3) is 0.786. The summed E-state index contributed by atoms with van der Waals surface area (Å²) < 4.78 is 5.09. The quantitative estimate of drug-likeness (QED) is 0.140. The molecule has 1 amide bonds. The Kier molecular flexibility index (Phi) is 8.48. The monoisotopic (exact) mass is 351 g/mol. The number of thioether (sulfide) groups is 1. The molecule has 0 aromatic carbocycles. The molecule has 1 aliphatic carbocycles. The van der Waals surface area contributed by atoms with Crippen molar-refractivity contribution in [2.75, 3.05) is 31.3 Å². The van der Waals surface area contributed by atoms with Crippen molar-refractivity contribution in [2.45, 2.75) is 30.5 Å². The van der Waals surface area contributed by atoms with Crippen LogP contribution in [0.1, 0.15) is 6.42 Å². The van der Waals surface area contributed by atoms with Crippen molar-refractivity contribution >= 4 is 17.7 Å². The molecule has 0 aromatic rings. The van der Waals surface area contributed by atoms with Crippen molar-refractivity contribution in [1.82, 2.24) is 5.32 Å². The second-order valence-corrected chi connectivity index (χ2v) is 6.52. The van der Waals surface area contributed by atoms with Crippen molar-refractivity contribution in [3.05, 3.63) is 12.7 Å². The zero-order chi connectivity index (χ0) is 17.5. The normalized spacial score (nSPS) is 31.3. The van der Waals surface area contributed by atoms with E-state index in [2.05, 4.69) is 11.9 Å². The van der Waals surface area contributed by atoms with Gasteiger partial charge >= 0.3 is 0 Å². The Morgan fingerprint density at radius 3 is 2.74 bits per heavy atom. The summed E-state index contributed by atoms with van der Waals surface area (Å²) in [5, 5.41) is 50.7. The lowest BCUT2D eigenvalue weighted by atomic mass is 9.64. The lowest BCUT2D eigenvalue weighted by Gasteiger charge is -2.54. The van der Waals surface area contributed by atoms with Crippen molar-refractivity contribution in [3.8, 4) is 0 Å². The van der Waals surface area contributed by atoms with Gasteiger partial charge in [-0.25, -0.2) is 0 Å². The third kappa shape index (κ3) is 4.90. The summed E-state index contributed by atoms with van der Waals surface area (Å²) in [6.07, 6.45) is -2.73. The number of nitrogens with one attached hydrogen (secondary N) is 1. The maximum absolute atomic E-state index is 10.9. The minimum Gasteiger partial charge on any atom is -0.396 e. The minimum absolute atomic E-state index is 0.149. The lowest BCUT2D eigenvalue weighted by Crippen LogP contribution is -2.76. The highest BCUT2D eigenvalue weighted by atomic mass is 32.2. The SMILES string of the molecule is C=CC(=O)NCCSCCCO[C@@H](O)C1(O)C(O)[C@H](O)C1CO. The largest absolute Gasteiger partial charge is 0.396 e. The molecule has 1 rings (SSSR count). The van der Waals surface area contributed by atoms with E-state index in [4.69, 9.17) is 9.84 Å². The first-order valence-electron chi connectivity index (χ1n) is 7.36. The summed E-state index contributed by atoms with van der Waals surface area (Å²) in [4.78, 5) is 10.9. The minimum atomic E-state index is -2.06. The van der Waals surface area contributed by atoms with Crippen molar-refractivity contribution in [1.29, 1.82) is 0 Å². The van der Waals surface area contributed by atoms with Crippen molar-refractivity contribution in [2.24, 2.45) is 5.92 Å². The average Bonchev–Trinajstić information content (AvgIpc) is 2.56. The molecule has 0 heterocycles. The number of ether oxygens (including phenoxy) is 1. The Hall–Kier alpha value is -0.680. The third-order valence-corrected chi connectivity index (χ3v) is 4.91. The van der Waals surface area contributed by atoms with Gasteiger partial charge in [-0.2, -0.15) is 11.8 Å². The van der Waals surface area contributed by atoms with Crippen LogP contribution in [-0.4, -0.2) is 86.8 Å². The number of aliphatic hydroxyl groups excluding tert-OH is 4. The highest BCUT2D eigenvalue weighted by Crippen LogP contribution is 2.41. The molecule has 3 unspecified atom stereocenters. The topological polar surface area (TPSA) is 139 Å². The summed E-state index contributed by atoms with van der Waals surface area (Å²) in [5.74, 6) is 0.188. The Morgan fingerprint density at radius 2 is 2.13 bits per heavy atom. The van der Waals surface area contributed by atoms with Gasteiger partial charge in [0, 0.05) is 18.2 Å². The zero-order valence-electron chi connectivity index (χ0n) is 12.8. The fourth-order valence-corrected chi connectivity index (χ4v) is 3.13. The molecular formula is C14H25NO7S. The molecule has 0 bridgehead atoms. The lowest BCUT2D eigenvalue weighted by molar-refractivity contribution is -0.347. The molecular weight excluding hydrogens is 326 g/mol. The standard InChI is InChI=1S/C14H25NO7S/c1-2-10(17)15-4-7-23-6-3-5-22-13(20)14(21)9(8-16)11(18)12(14)19/h2,9,11-13,16,18-21H,1,3-8H2,(H,15,17)/t9?,11-,12?,13-,14?/m1/s1. The van der Waals surface area contributed by atoms with Crippen LogP contribution in [0.2, 0.25) is 0 Å². The van der Waals surface area contributed by atoms with Crippen LogP contribution in [0.5, 0.6) is 0 Å². The van der Waals surface area contributed by atoms with E-state index in [0.29, 0.717) is 13.0 Å². The Labute approximate surface area is 139 Å². The summed E-state index contributed by atoms with van der Waals surface area (Å²) in [7, 11) is 0. The second-order valence-electron chi connectivity index (χ2n) is 5.30. The molecule has 23 heavy (non-hydrogen) atoms. The Bertz CT molecular complexity index is 397. The Morgan fingerprint density at radius 1 is 1.43 bits per heavy atom. The van der Waals surface area contributed by atoms with Crippen LogP contribution < -0.4 is 5.32 Å². The highest BCUT2D eigenvalue weighted by Gasteiger charge is 2.64. The molecule has 0 aliphatic heterocycles. The maximum Gasteiger partial charge on any atom is 0.243 e. The van der Waals surface area contributed by atoms with E-state index in [0.717, 1.165) is 11.5 Å². The number of carbonyl (C=O) groups is 1. The van der Waals surface area contributed by atoms with Crippen LogP contribution in [-0.2, 0) is 9.53 Å². The molecule has 0 spiro atoms. The van der Waals surface area contributed by atoms with Gasteiger partial charge in [-0.3, -0.25) is 4.79 Å². The van der Waals surface area contributed by atoms with E-state index in [-0.39, 0.29) is 12.5 Å². The van der Waals surface area contributed by atoms with Gasteiger partial charge in [0.15, 0.2) is 11.9 Å². The van der Waals surface area contributed by atoms with Crippen LogP contribution in [0.3, 0.4) is 0 Å². The highest BCUT2D eigenvalue weighted by molar-refractivity contribution is 7.99. The molecule has 9 heteroatoms. The first-order valence-corrected chi connectivity index (χ1v) is 8.52. The zero-order valence-corrected chi connectivity index (χ0v) is 13.6. The van der Waals surface area contributed by atoms with Crippen LogP contribution in [0.25, 0.3) is 0 Å². The summed E-state index contributed by atoms with van der Waals surface area (Å²) >= 11 is 1.59. The number of rotatable bonds is 11. The molecule has 6 N–H and O–H groups in total. The van der Waals surface area contributed by atoms with Gasteiger partial charge in [0.1, 0.15) is 6.10 Å².